The topological polar surface area (TPSA) is 9.23 Å². The quantitative estimate of drug-likeness (QED) is 0.427. The molecule has 0 N–H and O–H groups in total. The number of alkyl halides is 3. The van der Waals surface area contributed by atoms with Crippen LogP contribution >= 0.6 is 34.2 Å². The molecule has 0 amide bonds. The highest BCUT2D eigenvalue weighted by atomic mass is 127. The highest BCUT2D eigenvalue weighted by molar-refractivity contribution is 14.1. The van der Waals surface area contributed by atoms with E-state index in [1.807, 2.05) is 0 Å². The third kappa shape index (κ3) is 3.16. The maximum Gasteiger partial charge on any atom is 0.573 e. The van der Waals surface area contributed by atoms with Crippen LogP contribution in [0, 0.1) is 9.39 Å². The van der Waals surface area contributed by atoms with Gasteiger partial charge in [-0.15, -0.1) is 13.2 Å². The molecule has 0 spiro atoms. The van der Waals surface area contributed by atoms with Crippen molar-refractivity contribution in [2.45, 2.75) is 6.36 Å². The lowest BCUT2D eigenvalue weighted by atomic mass is 10.3. The normalized spacial score (nSPS) is 11.6. The van der Waals surface area contributed by atoms with Crippen LogP contribution < -0.4 is 4.74 Å². The first-order valence-electron chi connectivity index (χ1n) is 3.20. The lowest BCUT2D eigenvalue weighted by Gasteiger charge is -2.10. The van der Waals surface area contributed by atoms with Crippen molar-refractivity contribution in [2.24, 2.45) is 0 Å². The first-order chi connectivity index (χ1) is 6.29. The van der Waals surface area contributed by atoms with Gasteiger partial charge in [0.1, 0.15) is 5.82 Å². The zero-order valence-corrected chi connectivity index (χ0v) is 9.24. The van der Waals surface area contributed by atoms with Crippen LogP contribution in [0.15, 0.2) is 12.1 Å². The largest absolute Gasteiger partial charge is 0.573 e. The van der Waals surface area contributed by atoms with Crippen molar-refractivity contribution in [2.75, 3.05) is 0 Å². The predicted molar refractivity (Wildman–Crippen MR) is 50.8 cm³/mol. The number of ether oxygens (including phenoxy) is 1. The second-order valence-corrected chi connectivity index (χ2v) is 3.79. The van der Waals surface area contributed by atoms with Gasteiger partial charge in [-0.2, -0.15) is 0 Å². The van der Waals surface area contributed by atoms with Gasteiger partial charge in [-0.3, -0.25) is 0 Å². The van der Waals surface area contributed by atoms with Crippen molar-refractivity contribution in [1.82, 2.24) is 0 Å². The molecule has 1 nitrogen and oxygen atoms in total. The van der Waals surface area contributed by atoms with Crippen LogP contribution in [-0.2, 0) is 0 Å². The molecule has 0 bridgehead atoms. The molecule has 0 atom stereocenters. The van der Waals surface area contributed by atoms with Crippen LogP contribution in [0.5, 0.6) is 5.75 Å². The fraction of sp³-hybridized carbons (Fsp3) is 0.143. The zero-order chi connectivity index (χ0) is 10.9. The van der Waals surface area contributed by atoms with Crippen LogP contribution in [0.25, 0.3) is 0 Å². The van der Waals surface area contributed by atoms with E-state index < -0.39 is 17.9 Å². The van der Waals surface area contributed by atoms with E-state index in [4.69, 9.17) is 11.6 Å². The van der Waals surface area contributed by atoms with Crippen LogP contribution in [0.3, 0.4) is 0 Å². The molecule has 0 saturated heterocycles. The maximum atomic E-state index is 12.7. The van der Waals surface area contributed by atoms with Crippen molar-refractivity contribution in [3.05, 3.63) is 26.5 Å². The SMILES string of the molecule is Fc1cc(I)c(Cl)c(OC(F)(F)F)c1. The van der Waals surface area contributed by atoms with Gasteiger partial charge < -0.3 is 4.74 Å². The minimum atomic E-state index is -4.87. The fourth-order valence-corrected chi connectivity index (χ4v) is 1.44. The van der Waals surface area contributed by atoms with Crippen molar-refractivity contribution in [3.8, 4) is 5.75 Å². The van der Waals surface area contributed by atoms with Gasteiger partial charge in [0.25, 0.3) is 0 Å². The molecule has 1 aromatic rings. The molecule has 7 heteroatoms. The van der Waals surface area contributed by atoms with Gasteiger partial charge in [0.05, 0.1) is 5.02 Å². The Morgan fingerprint density at radius 3 is 2.36 bits per heavy atom. The van der Waals surface area contributed by atoms with Gasteiger partial charge in [0, 0.05) is 9.64 Å². The van der Waals surface area contributed by atoms with Crippen molar-refractivity contribution < 1.29 is 22.3 Å². The van der Waals surface area contributed by atoms with E-state index in [0.717, 1.165) is 6.07 Å². The van der Waals surface area contributed by atoms with Gasteiger partial charge >= 0.3 is 6.36 Å². The number of benzene rings is 1. The molecule has 78 valence electrons. The zero-order valence-electron chi connectivity index (χ0n) is 6.33. The highest BCUT2D eigenvalue weighted by Gasteiger charge is 2.32. The highest BCUT2D eigenvalue weighted by Crippen LogP contribution is 2.34. The van der Waals surface area contributed by atoms with Crippen LogP contribution in [0.2, 0.25) is 5.02 Å². The minimum absolute atomic E-state index is 0.156. The maximum absolute atomic E-state index is 12.7. The molecule has 14 heavy (non-hydrogen) atoms. The smallest absolute Gasteiger partial charge is 0.404 e. The number of rotatable bonds is 1. The van der Waals surface area contributed by atoms with Crippen LogP contribution in [0.1, 0.15) is 0 Å². The molecule has 0 fully saturated rings. The predicted octanol–water partition coefficient (Wildman–Crippen LogP) is 3.98. The monoisotopic (exact) mass is 340 g/mol. The lowest BCUT2D eigenvalue weighted by Crippen LogP contribution is -2.17. The minimum Gasteiger partial charge on any atom is -0.404 e. The summed E-state index contributed by atoms with van der Waals surface area (Å²) in [5.74, 6) is -1.57. The van der Waals surface area contributed by atoms with Gasteiger partial charge in [-0.25, -0.2) is 4.39 Å². The summed E-state index contributed by atoms with van der Waals surface area (Å²) in [5.41, 5.74) is 0. The Hall–Kier alpha value is -0.240. The van der Waals surface area contributed by atoms with Crippen LogP contribution in [0.4, 0.5) is 17.6 Å². The third-order valence-corrected chi connectivity index (χ3v) is 2.74. The van der Waals surface area contributed by atoms with Gasteiger partial charge in [0.15, 0.2) is 5.75 Å². The van der Waals surface area contributed by atoms with E-state index >= 15 is 0 Å². The molecule has 0 heterocycles. The summed E-state index contributed by atoms with van der Waals surface area (Å²) < 4.78 is 51.7. The second kappa shape index (κ2) is 4.09. The second-order valence-electron chi connectivity index (χ2n) is 2.25. The van der Waals surface area contributed by atoms with Crippen LogP contribution in [-0.4, -0.2) is 6.36 Å². The summed E-state index contributed by atoms with van der Waals surface area (Å²) in [4.78, 5) is 0. The molecule has 1 aromatic carbocycles. The van der Waals surface area contributed by atoms with E-state index in [-0.39, 0.29) is 8.59 Å². The Morgan fingerprint density at radius 1 is 1.29 bits per heavy atom. The molecule has 0 aliphatic heterocycles. The van der Waals surface area contributed by atoms with Crippen molar-refractivity contribution in [1.29, 1.82) is 0 Å². The molecular weight excluding hydrogens is 338 g/mol. The standard InChI is InChI=1S/C7H2ClF4IO/c8-6-4(13)1-3(9)2-5(6)14-7(10,11)12/h1-2H. The van der Waals surface area contributed by atoms with Gasteiger partial charge in [-0.05, 0) is 28.7 Å². The van der Waals surface area contributed by atoms with E-state index in [0.29, 0.717) is 6.07 Å². The Labute approximate surface area is 95.1 Å². The first-order valence-corrected chi connectivity index (χ1v) is 4.65. The van der Waals surface area contributed by atoms with E-state index in [9.17, 15) is 17.6 Å². The number of halogens is 6. The number of hydrogen-bond acceptors (Lipinski definition) is 1. The summed E-state index contributed by atoms with van der Waals surface area (Å²) in [7, 11) is 0. The van der Waals surface area contributed by atoms with E-state index in [1.165, 1.54) is 0 Å². The summed E-state index contributed by atoms with van der Waals surface area (Å²) >= 11 is 7.08. The van der Waals surface area contributed by atoms with Crippen molar-refractivity contribution >= 4 is 34.2 Å². The summed E-state index contributed by atoms with van der Waals surface area (Å²) in [6, 6.07) is 1.59. The number of hydrogen-bond donors (Lipinski definition) is 0. The lowest BCUT2D eigenvalue weighted by molar-refractivity contribution is -0.274. The Bertz CT molecular complexity index is 352. The Kier molecular flexibility index (Phi) is 3.46. The summed E-state index contributed by atoms with van der Waals surface area (Å²) in [5, 5.41) is -0.260. The molecule has 1 rings (SSSR count). The first kappa shape index (κ1) is 11.8. The Balaban J connectivity index is 3.09. The molecule has 0 aromatic heterocycles. The molecule has 0 unspecified atom stereocenters. The molecule has 0 aliphatic carbocycles. The summed E-state index contributed by atoms with van der Waals surface area (Å²) in [6.07, 6.45) is -4.87. The van der Waals surface area contributed by atoms with Gasteiger partial charge in [-0.1, -0.05) is 11.6 Å². The van der Waals surface area contributed by atoms with Crippen molar-refractivity contribution in [3.63, 3.8) is 0 Å². The molecule has 0 aliphatic rings. The molecule has 0 radical (unpaired) electrons. The third-order valence-electron chi connectivity index (χ3n) is 1.19. The molecular formula is C7H2ClF4IO. The van der Waals surface area contributed by atoms with Gasteiger partial charge in [0.2, 0.25) is 0 Å². The fourth-order valence-electron chi connectivity index (χ4n) is 0.731. The average Bonchev–Trinajstić information content (AvgIpc) is 1.96. The van der Waals surface area contributed by atoms with E-state index in [2.05, 4.69) is 4.74 Å². The summed E-state index contributed by atoms with van der Waals surface area (Å²) in [6.45, 7) is 0. The average molecular weight is 340 g/mol. The Morgan fingerprint density at radius 2 is 1.86 bits per heavy atom. The van der Waals surface area contributed by atoms with E-state index in [1.54, 1.807) is 22.6 Å². The molecule has 0 saturated carbocycles.